The number of amides is 1. The summed E-state index contributed by atoms with van der Waals surface area (Å²) in [6.07, 6.45) is 3.59. The molecule has 0 aliphatic carbocycles. The average Bonchev–Trinajstić information content (AvgIpc) is 2.94. The molecule has 1 aromatic heterocycles. The van der Waals surface area contributed by atoms with Crippen molar-refractivity contribution in [1.82, 2.24) is 15.1 Å². The molecular formula is C14H18N4O. The van der Waals surface area contributed by atoms with Gasteiger partial charge in [0.25, 0.3) is 5.91 Å². The van der Waals surface area contributed by atoms with Gasteiger partial charge in [0, 0.05) is 12.7 Å². The lowest BCUT2D eigenvalue weighted by Crippen LogP contribution is -2.25. The second-order valence-electron chi connectivity index (χ2n) is 4.23. The van der Waals surface area contributed by atoms with Crippen molar-refractivity contribution in [1.29, 1.82) is 0 Å². The molecule has 0 unspecified atom stereocenters. The lowest BCUT2D eigenvalue weighted by Gasteiger charge is -2.02. The molecule has 2 rings (SSSR count). The summed E-state index contributed by atoms with van der Waals surface area (Å²) in [5, 5.41) is 7.09. The maximum atomic E-state index is 11.8. The second-order valence-corrected chi connectivity index (χ2v) is 4.23. The Labute approximate surface area is 112 Å². The van der Waals surface area contributed by atoms with E-state index in [1.165, 1.54) is 0 Å². The highest BCUT2D eigenvalue weighted by Crippen LogP contribution is 2.06. The zero-order valence-corrected chi connectivity index (χ0v) is 10.7. The first-order valence-electron chi connectivity index (χ1n) is 6.40. The standard InChI is InChI=1S/C14H18N4O/c15-9-4-5-10-16-14(19)13-8-11-18(17-13)12-6-2-1-3-7-12/h1-3,6-8,11H,4-5,9-10,15H2,(H,16,19). The number of rotatable bonds is 6. The van der Waals surface area contributed by atoms with Gasteiger partial charge in [-0.15, -0.1) is 0 Å². The molecule has 19 heavy (non-hydrogen) atoms. The van der Waals surface area contributed by atoms with Crippen molar-refractivity contribution >= 4 is 5.91 Å². The van der Waals surface area contributed by atoms with Gasteiger partial charge in [0.1, 0.15) is 0 Å². The van der Waals surface area contributed by atoms with E-state index in [-0.39, 0.29) is 5.91 Å². The maximum absolute atomic E-state index is 11.8. The summed E-state index contributed by atoms with van der Waals surface area (Å²) in [6, 6.07) is 11.4. The zero-order chi connectivity index (χ0) is 13.5. The van der Waals surface area contributed by atoms with Crippen LogP contribution in [-0.4, -0.2) is 28.8 Å². The molecule has 0 saturated heterocycles. The van der Waals surface area contributed by atoms with Gasteiger partial charge in [-0.2, -0.15) is 5.10 Å². The summed E-state index contributed by atoms with van der Waals surface area (Å²) < 4.78 is 1.69. The smallest absolute Gasteiger partial charge is 0.271 e. The number of hydrogen-bond acceptors (Lipinski definition) is 3. The summed E-state index contributed by atoms with van der Waals surface area (Å²) >= 11 is 0. The number of hydrogen-bond donors (Lipinski definition) is 2. The highest BCUT2D eigenvalue weighted by Gasteiger charge is 2.09. The summed E-state index contributed by atoms with van der Waals surface area (Å²) in [5.74, 6) is -0.147. The Morgan fingerprint density at radius 2 is 2.00 bits per heavy atom. The van der Waals surface area contributed by atoms with E-state index >= 15 is 0 Å². The molecule has 0 fully saturated rings. The van der Waals surface area contributed by atoms with E-state index in [0.29, 0.717) is 18.8 Å². The quantitative estimate of drug-likeness (QED) is 0.768. The Morgan fingerprint density at radius 3 is 2.74 bits per heavy atom. The van der Waals surface area contributed by atoms with Crippen LogP contribution in [0.2, 0.25) is 0 Å². The molecule has 1 heterocycles. The first-order chi connectivity index (χ1) is 9.31. The fourth-order valence-electron chi connectivity index (χ4n) is 1.73. The van der Waals surface area contributed by atoms with Crippen molar-refractivity contribution in [3.05, 3.63) is 48.3 Å². The van der Waals surface area contributed by atoms with E-state index in [4.69, 9.17) is 5.73 Å². The van der Waals surface area contributed by atoms with E-state index < -0.39 is 0 Å². The van der Waals surface area contributed by atoms with Gasteiger partial charge in [-0.3, -0.25) is 4.79 Å². The summed E-state index contributed by atoms with van der Waals surface area (Å²) in [7, 11) is 0. The first-order valence-corrected chi connectivity index (χ1v) is 6.40. The molecule has 0 radical (unpaired) electrons. The largest absolute Gasteiger partial charge is 0.351 e. The van der Waals surface area contributed by atoms with Crippen molar-refractivity contribution < 1.29 is 4.79 Å². The third kappa shape index (κ3) is 3.66. The molecule has 1 amide bonds. The van der Waals surface area contributed by atoms with E-state index in [9.17, 15) is 4.79 Å². The van der Waals surface area contributed by atoms with Gasteiger partial charge in [0.2, 0.25) is 0 Å². The normalized spacial score (nSPS) is 10.4. The monoisotopic (exact) mass is 258 g/mol. The minimum Gasteiger partial charge on any atom is -0.351 e. The number of aromatic nitrogens is 2. The molecule has 0 saturated carbocycles. The molecule has 2 aromatic rings. The highest BCUT2D eigenvalue weighted by atomic mass is 16.1. The third-order valence-corrected chi connectivity index (χ3v) is 2.76. The van der Waals surface area contributed by atoms with Gasteiger partial charge in [-0.05, 0) is 37.6 Å². The first kappa shape index (κ1) is 13.3. The Kier molecular flexibility index (Phi) is 4.69. The third-order valence-electron chi connectivity index (χ3n) is 2.76. The number of carbonyl (C=O) groups excluding carboxylic acids is 1. The van der Waals surface area contributed by atoms with E-state index in [2.05, 4.69) is 10.4 Å². The van der Waals surface area contributed by atoms with Crippen LogP contribution in [0, 0.1) is 0 Å². The van der Waals surface area contributed by atoms with Gasteiger partial charge >= 0.3 is 0 Å². The highest BCUT2D eigenvalue weighted by molar-refractivity contribution is 5.92. The van der Waals surface area contributed by atoms with Crippen LogP contribution in [-0.2, 0) is 0 Å². The molecule has 0 aliphatic rings. The molecule has 5 heteroatoms. The fraction of sp³-hybridized carbons (Fsp3) is 0.286. The van der Waals surface area contributed by atoms with Crippen LogP contribution in [0.1, 0.15) is 23.3 Å². The number of unbranched alkanes of at least 4 members (excludes halogenated alkanes) is 1. The second kappa shape index (κ2) is 6.70. The van der Waals surface area contributed by atoms with Gasteiger partial charge in [0.15, 0.2) is 5.69 Å². The number of nitrogens with two attached hydrogens (primary N) is 1. The van der Waals surface area contributed by atoms with E-state index in [1.807, 2.05) is 30.3 Å². The van der Waals surface area contributed by atoms with E-state index in [1.54, 1.807) is 16.9 Å². The van der Waals surface area contributed by atoms with Crippen LogP contribution >= 0.6 is 0 Å². The summed E-state index contributed by atoms with van der Waals surface area (Å²) in [6.45, 7) is 1.28. The lowest BCUT2D eigenvalue weighted by atomic mass is 10.3. The van der Waals surface area contributed by atoms with Crippen LogP contribution < -0.4 is 11.1 Å². The van der Waals surface area contributed by atoms with Crippen LogP contribution in [0.25, 0.3) is 5.69 Å². The Bertz CT molecular complexity index is 521. The number of para-hydroxylation sites is 1. The van der Waals surface area contributed by atoms with Gasteiger partial charge in [-0.25, -0.2) is 4.68 Å². The van der Waals surface area contributed by atoms with E-state index in [0.717, 1.165) is 18.5 Å². The Hall–Kier alpha value is -2.14. The molecule has 100 valence electrons. The molecule has 0 aliphatic heterocycles. The van der Waals surface area contributed by atoms with Crippen molar-refractivity contribution in [3.63, 3.8) is 0 Å². The van der Waals surface area contributed by atoms with Crippen molar-refractivity contribution in [2.45, 2.75) is 12.8 Å². The fourth-order valence-corrected chi connectivity index (χ4v) is 1.73. The van der Waals surface area contributed by atoms with Crippen molar-refractivity contribution in [2.75, 3.05) is 13.1 Å². The van der Waals surface area contributed by atoms with Gasteiger partial charge < -0.3 is 11.1 Å². The van der Waals surface area contributed by atoms with Crippen LogP contribution in [0.4, 0.5) is 0 Å². The molecule has 0 bridgehead atoms. The zero-order valence-electron chi connectivity index (χ0n) is 10.7. The summed E-state index contributed by atoms with van der Waals surface area (Å²) in [5.41, 5.74) is 6.76. The Balaban J connectivity index is 1.95. The molecule has 3 N–H and O–H groups in total. The topological polar surface area (TPSA) is 72.9 Å². The average molecular weight is 258 g/mol. The SMILES string of the molecule is NCCCCNC(=O)c1ccn(-c2ccccc2)n1. The van der Waals surface area contributed by atoms with Gasteiger partial charge in [-0.1, -0.05) is 18.2 Å². The van der Waals surface area contributed by atoms with Crippen LogP contribution in [0.3, 0.4) is 0 Å². The van der Waals surface area contributed by atoms with Crippen molar-refractivity contribution in [3.8, 4) is 5.69 Å². The number of nitrogens with zero attached hydrogens (tertiary/aromatic N) is 2. The number of benzene rings is 1. The predicted octanol–water partition coefficient (Wildman–Crippen LogP) is 1.34. The van der Waals surface area contributed by atoms with Crippen LogP contribution in [0.5, 0.6) is 0 Å². The molecular weight excluding hydrogens is 240 g/mol. The molecule has 1 aromatic carbocycles. The van der Waals surface area contributed by atoms with Crippen molar-refractivity contribution in [2.24, 2.45) is 5.73 Å². The molecule has 5 nitrogen and oxygen atoms in total. The maximum Gasteiger partial charge on any atom is 0.271 e. The predicted molar refractivity (Wildman–Crippen MR) is 74.2 cm³/mol. The minimum absolute atomic E-state index is 0.147. The number of carbonyl (C=O) groups is 1. The molecule has 0 atom stereocenters. The van der Waals surface area contributed by atoms with Crippen LogP contribution in [0.15, 0.2) is 42.6 Å². The summed E-state index contributed by atoms with van der Waals surface area (Å²) in [4.78, 5) is 11.8. The molecule has 0 spiro atoms. The Morgan fingerprint density at radius 1 is 1.21 bits per heavy atom. The number of nitrogens with one attached hydrogen (secondary N) is 1. The lowest BCUT2D eigenvalue weighted by molar-refractivity contribution is 0.0947. The minimum atomic E-state index is -0.147. The van der Waals surface area contributed by atoms with Gasteiger partial charge in [0.05, 0.1) is 5.69 Å².